The summed E-state index contributed by atoms with van der Waals surface area (Å²) in [5, 5.41) is 2.99. The number of sulfone groups is 1. The number of carbonyl (C=O) groups excluding carboxylic acids is 1. The molecule has 0 unspecified atom stereocenters. The molecule has 1 saturated carbocycles. The maximum atomic E-state index is 12.4. The van der Waals surface area contributed by atoms with Crippen molar-refractivity contribution in [2.75, 3.05) is 55.8 Å². The van der Waals surface area contributed by atoms with E-state index in [0.717, 1.165) is 43.5 Å². The second-order valence-electron chi connectivity index (χ2n) is 9.03. The first kappa shape index (κ1) is 23.6. The summed E-state index contributed by atoms with van der Waals surface area (Å²) >= 11 is 0. The summed E-state index contributed by atoms with van der Waals surface area (Å²) in [4.78, 5) is 17.6. The summed E-state index contributed by atoms with van der Waals surface area (Å²) in [5.74, 6) is 1.48. The number of rotatable bonds is 10. The zero-order chi connectivity index (χ0) is 23.3. The van der Waals surface area contributed by atoms with E-state index in [4.69, 9.17) is 4.74 Å². The minimum Gasteiger partial charge on any atom is -0.494 e. The van der Waals surface area contributed by atoms with Crippen LogP contribution in [0.25, 0.3) is 0 Å². The molecule has 1 heterocycles. The van der Waals surface area contributed by atoms with Gasteiger partial charge in [-0.25, -0.2) is 8.42 Å². The van der Waals surface area contributed by atoms with Gasteiger partial charge in [-0.3, -0.25) is 9.69 Å². The molecule has 0 bridgehead atoms. The number of nitrogens with one attached hydrogen (secondary N) is 1. The van der Waals surface area contributed by atoms with Crippen LogP contribution < -0.4 is 15.0 Å². The highest BCUT2D eigenvalue weighted by atomic mass is 32.2. The minimum atomic E-state index is -3.21. The van der Waals surface area contributed by atoms with Gasteiger partial charge in [-0.05, 0) is 67.6 Å². The average molecular weight is 472 g/mol. The molecule has 8 heteroatoms. The largest absolute Gasteiger partial charge is 0.494 e. The lowest BCUT2D eigenvalue weighted by Crippen LogP contribution is -2.47. The molecule has 0 radical (unpaired) electrons. The Kier molecular flexibility index (Phi) is 7.55. The molecule has 1 aliphatic heterocycles. The number of hydrogen-bond donors (Lipinski definition) is 1. The lowest BCUT2D eigenvalue weighted by atomic mass is 10.2. The molecule has 0 aromatic heterocycles. The van der Waals surface area contributed by atoms with Gasteiger partial charge in [-0.2, -0.15) is 0 Å². The van der Waals surface area contributed by atoms with Crippen LogP contribution in [0.4, 0.5) is 11.4 Å². The Morgan fingerprint density at radius 3 is 2.45 bits per heavy atom. The van der Waals surface area contributed by atoms with Gasteiger partial charge in [0.2, 0.25) is 5.91 Å². The quantitative estimate of drug-likeness (QED) is 0.535. The highest BCUT2D eigenvalue weighted by Gasteiger charge is 2.26. The van der Waals surface area contributed by atoms with Crippen LogP contribution in [0.15, 0.2) is 53.4 Å². The fourth-order valence-electron chi connectivity index (χ4n) is 4.06. The molecular weight excluding hydrogens is 438 g/mol. The zero-order valence-corrected chi connectivity index (χ0v) is 20.0. The number of hydrogen-bond acceptors (Lipinski definition) is 6. The van der Waals surface area contributed by atoms with Gasteiger partial charge in [0.1, 0.15) is 5.75 Å². The molecule has 7 nitrogen and oxygen atoms in total. The van der Waals surface area contributed by atoms with Crippen LogP contribution in [0.3, 0.4) is 0 Å². The van der Waals surface area contributed by atoms with E-state index in [0.29, 0.717) is 25.2 Å². The van der Waals surface area contributed by atoms with Gasteiger partial charge in [0.05, 0.1) is 11.5 Å². The third kappa shape index (κ3) is 7.20. The van der Waals surface area contributed by atoms with Gasteiger partial charge >= 0.3 is 0 Å². The van der Waals surface area contributed by atoms with E-state index in [9.17, 15) is 13.2 Å². The molecule has 1 N–H and O–H groups in total. The summed E-state index contributed by atoms with van der Waals surface area (Å²) in [5.41, 5.74) is 1.97. The normalized spacial score (nSPS) is 17.1. The molecule has 1 amide bonds. The van der Waals surface area contributed by atoms with Crippen molar-refractivity contribution in [3.8, 4) is 5.75 Å². The molecule has 0 spiro atoms. The summed E-state index contributed by atoms with van der Waals surface area (Å²) in [7, 11) is -3.21. The maximum Gasteiger partial charge on any atom is 0.224 e. The Balaban J connectivity index is 1.18. The second kappa shape index (κ2) is 10.6. The Morgan fingerprint density at radius 1 is 1.06 bits per heavy atom. The Bertz CT molecular complexity index is 1040. The first-order valence-electron chi connectivity index (χ1n) is 11.7. The average Bonchev–Trinajstić information content (AvgIpc) is 3.61. The molecule has 4 rings (SSSR count). The Hall–Kier alpha value is -2.58. The van der Waals surface area contributed by atoms with Crippen molar-refractivity contribution in [2.24, 2.45) is 5.92 Å². The number of anilines is 2. The third-order valence-electron chi connectivity index (χ3n) is 6.15. The molecule has 2 aromatic carbocycles. The van der Waals surface area contributed by atoms with Crippen molar-refractivity contribution in [3.63, 3.8) is 0 Å². The van der Waals surface area contributed by atoms with Crippen molar-refractivity contribution in [1.29, 1.82) is 0 Å². The van der Waals surface area contributed by atoms with E-state index in [2.05, 4.69) is 21.2 Å². The number of piperazine rings is 1. The smallest absolute Gasteiger partial charge is 0.224 e. The highest BCUT2D eigenvalue weighted by molar-refractivity contribution is 7.90. The van der Waals surface area contributed by atoms with Crippen molar-refractivity contribution in [1.82, 2.24) is 4.90 Å². The molecule has 2 aromatic rings. The van der Waals surface area contributed by atoms with Crippen LogP contribution >= 0.6 is 0 Å². The fraction of sp³-hybridized carbons (Fsp3) is 0.480. The van der Waals surface area contributed by atoms with Gasteiger partial charge < -0.3 is 15.0 Å². The summed E-state index contributed by atoms with van der Waals surface area (Å²) < 4.78 is 28.6. The zero-order valence-electron chi connectivity index (χ0n) is 19.2. The predicted molar refractivity (Wildman–Crippen MR) is 131 cm³/mol. The van der Waals surface area contributed by atoms with E-state index in [-0.39, 0.29) is 10.8 Å². The van der Waals surface area contributed by atoms with E-state index < -0.39 is 9.84 Å². The van der Waals surface area contributed by atoms with Gasteiger partial charge in [-0.1, -0.05) is 6.07 Å². The number of benzene rings is 2. The second-order valence-corrected chi connectivity index (χ2v) is 11.0. The molecule has 2 fully saturated rings. The first-order valence-corrected chi connectivity index (χ1v) is 13.6. The van der Waals surface area contributed by atoms with Crippen molar-refractivity contribution < 1.29 is 17.9 Å². The number of ether oxygens (including phenoxy) is 1. The van der Waals surface area contributed by atoms with E-state index in [1.54, 1.807) is 12.1 Å². The fourth-order valence-corrected chi connectivity index (χ4v) is 4.69. The molecule has 0 atom stereocenters. The predicted octanol–water partition coefficient (Wildman–Crippen LogP) is 3.42. The molecule has 2 aliphatic rings. The molecule has 1 saturated heterocycles. The SMILES string of the molecule is CS(=O)(=O)c1ccc(OCCCC(=O)Nc2cccc(N3CCN(CC4CC4)CC3)c2)cc1. The standard InChI is InChI=1S/C25H33N3O4S/c1-33(30,31)24-11-9-23(10-12-24)32-17-3-6-25(29)26-21-4-2-5-22(18-21)28-15-13-27(14-16-28)19-20-7-8-20/h2,4-5,9-12,18,20H,3,6-8,13-17,19H2,1H3,(H,26,29). The van der Waals surface area contributed by atoms with Crippen LogP contribution in [0.2, 0.25) is 0 Å². The third-order valence-corrected chi connectivity index (χ3v) is 7.28. The molecule has 33 heavy (non-hydrogen) atoms. The van der Waals surface area contributed by atoms with E-state index >= 15 is 0 Å². The summed E-state index contributed by atoms with van der Waals surface area (Å²) in [6.45, 7) is 5.88. The van der Waals surface area contributed by atoms with Crippen LogP contribution in [-0.4, -0.2) is 64.8 Å². The molecule has 1 aliphatic carbocycles. The first-order chi connectivity index (χ1) is 15.9. The highest BCUT2D eigenvalue weighted by Crippen LogP contribution is 2.30. The summed E-state index contributed by atoms with van der Waals surface area (Å²) in [6.07, 6.45) is 4.89. The van der Waals surface area contributed by atoms with Gasteiger partial charge in [0.15, 0.2) is 9.84 Å². The van der Waals surface area contributed by atoms with Crippen LogP contribution in [0, 0.1) is 5.92 Å². The lowest BCUT2D eigenvalue weighted by molar-refractivity contribution is -0.116. The van der Waals surface area contributed by atoms with Crippen LogP contribution in [-0.2, 0) is 14.6 Å². The monoisotopic (exact) mass is 471 g/mol. The Morgan fingerprint density at radius 2 is 1.79 bits per heavy atom. The van der Waals surface area contributed by atoms with Crippen molar-refractivity contribution in [2.45, 2.75) is 30.6 Å². The van der Waals surface area contributed by atoms with Gasteiger partial charge in [0, 0.05) is 56.8 Å². The van der Waals surface area contributed by atoms with Crippen molar-refractivity contribution >= 4 is 27.1 Å². The number of nitrogens with zero attached hydrogens (tertiary/aromatic N) is 2. The van der Waals surface area contributed by atoms with Crippen LogP contribution in [0.1, 0.15) is 25.7 Å². The van der Waals surface area contributed by atoms with Crippen molar-refractivity contribution in [3.05, 3.63) is 48.5 Å². The molecule has 178 valence electrons. The van der Waals surface area contributed by atoms with E-state index in [1.807, 2.05) is 18.2 Å². The molecular formula is C25H33N3O4S. The Labute approximate surface area is 196 Å². The lowest BCUT2D eigenvalue weighted by Gasteiger charge is -2.36. The number of carbonyl (C=O) groups is 1. The maximum absolute atomic E-state index is 12.4. The number of amides is 1. The topological polar surface area (TPSA) is 78.9 Å². The summed E-state index contributed by atoms with van der Waals surface area (Å²) in [6, 6.07) is 14.4. The van der Waals surface area contributed by atoms with Gasteiger partial charge in [-0.15, -0.1) is 0 Å². The minimum absolute atomic E-state index is 0.0440. The van der Waals surface area contributed by atoms with Gasteiger partial charge in [0.25, 0.3) is 0 Å². The van der Waals surface area contributed by atoms with E-state index in [1.165, 1.54) is 37.8 Å². The van der Waals surface area contributed by atoms with Crippen LogP contribution in [0.5, 0.6) is 5.75 Å².